The molecule has 0 radical (unpaired) electrons. The van der Waals surface area contributed by atoms with Gasteiger partial charge >= 0.3 is 0 Å². The fourth-order valence-corrected chi connectivity index (χ4v) is 1.96. The second-order valence-corrected chi connectivity index (χ2v) is 4.40. The van der Waals surface area contributed by atoms with Crippen molar-refractivity contribution in [3.63, 3.8) is 0 Å². The van der Waals surface area contributed by atoms with Crippen LogP contribution in [0.5, 0.6) is 11.5 Å². The Kier molecular flexibility index (Phi) is 5.15. The fourth-order valence-electron chi connectivity index (χ4n) is 1.96. The molecule has 1 heterocycles. The van der Waals surface area contributed by atoms with E-state index in [2.05, 4.69) is 10.3 Å². The van der Waals surface area contributed by atoms with Crippen LogP contribution in [0.4, 0.5) is 0 Å². The Bertz CT molecular complexity index is 600. The van der Waals surface area contributed by atoms with Crippen molar-refractivity contribution in [2.24, 2.45) is 0 Å². The highest BCUT2D eigenvalue weighted by Crippen LogP contribution is 2.24. The minimum Gasteiger partial charge on any atom is -0.497 e. The molecule has 1 aromatic carbocycles. The van der Waals surface area contributed by atoms with Crippen molar-refractivity contribution in [3.05, 3.63) is 53.9 Å². The van der Waals surface area contributed by atoms with Gasteiger partial charge in [0.1, 0.15) is 17.2 Å². The van der Waals surface area contributed by atoms with Gasteiger partial charge in [-0.05, 0) is 30.2 Å². The Morgan fingerprint density at radius 2 is 2.05 bits per heavy atom. The van der Waals surface area contributed by atoms with Crippen molar-refractivity contribution in [3.8, 4) is 11.5 Å². The summed E-state index contributed by atoms with van der Waals surface area (Å²) in [5.41, 5.74) is 1.43. The van der Waals surface area contributed by atoms with Gasteiger partial charge in [0.05, 0.1) is 14.2 Å². The Morgan fingerprint density at radius 1 is 1.19 bits per heavy atom. The molecule has 5 heteroatoms. The number of carbonyl (C=O) groups is 1. The van der Waals surface area contributed by atoms with Gasteiger partial charge in [0.25, 0.3) is 5.91 Å². The number of hydrogen-bond donors (Lipinski definition) is 1. The quantitative estimate of drug-likeness (QED) is 0.883. The maximum atomic E-state index is 11.9. The summed E-state index contributed by atoms with van der Waals surface area (Å²) < 4.78 is 10.5. The molecule has 21 heavy (non-hydrogen) atoms. The van der Waals surface area contributed by atoms with Crippen LogP contribution in [0.1, 0.15) is 16.1 Å². The van der Waals surface area contributed by atoms with E-state index in [-0.39, 0.29) is 5.91 Å². The number of ether oxygens (including phenoxy) is 2. The normalized spacial score (nSPS) is 10.0. The summed E-state index contributed by atoms with van der Waals surface area (Å²) in [6.45, 7) is 0.512. The maximum absolute atomic E-state index is 11.9. The molecule has 110 valence electrons. The van der Waals surface area contributed by atoms with Crippen LogP contribution in [0.15, 0.2) is 42.6 Å². The monoisotopic (exact) mass is 286 g/mol. The summed E-state index contributed by atoms with van der Waals surface area (Å²) in [6.07, 6.45) is 2.27. The van der Waals surface area contributed by atoms with E-state index in [1.165, 1.54) is 0 Å². The topological polar surface area (TPSA) is 60.5 Å². The van der Waals surface area contributed by atoms with Crippen LogP contribution in [0.3, 0.4) is 0 Å². The summed E-state index contributed by atoms with van der Waals surface area (Å²) >= 11 is 0. The average Bonchev–Trinajstić information content (AvgIpc) is 2.55. The maximum Gasteiger partial charge on any atom is 0.269 e. The summed E-state index contributed by atoms with van der Waals surface area (Å²) in [5, 5.41) is 2.84. The Hall–Kier alpha value is -2.56. The lowest BCUT2D eigenvalue weighted by Gasteiger charge is -2.11. The first-order valence-corrected chi connectivity index (χ1v) is 6.64. The van der Waals surface area contributed by atoms with Gasteiger partial charge in [0, 0.05) is 18.8 Å². The van der Waals surface area contributed by atoms with Gasteiger partial charge in [-0.1, -0.05) is 12.1 Å². The molecule has 1 aromatic heterocycles. The molecule has 0 aliphatic carbocycles. The zero-order chi connectivity index (χ0) is 15.1. The number of carbonyl (C=O) groups excluding carboxylic acids is 1. The SMILES string of the molecule is COc1ccc(CCNC(=O)c2ccccn2)c(OC)c1. The number of nitrogens with one attached hydrogen (secondary N) is 1. The molecule has 0 saturated heterocycles. The van der Waals surface area contributed by atoms with Crippen molar-refractivity contribution in [2.45, 2.75) is 6.42 Å². The van der Waals surface area contributed by atoms with Crippen LogP contribution >= 0.6 is 0 Å². The van der Waals surface area contributed by atoms with Gasteiger partial charge in [-0.2, -0.15) is 0 Å². The van der Waals surface area contributed by atoms with Crippen LogP contribution in [0.25, 0.3) is 0 Å². The van der Waals surface area contributed by atoms with E-state index in [1.54, 1.807) is 38.6 Å². The third kappa shape index (κ3) is 3.95. The standard InChI is InChI=1S/C16H18N2O3/c1-20-13-7-6-12(15(11-13)21-2)8-10-18-16(19)14-5-3-4-9-17-14/h3-7,9,11H,8,10H2,1-2H3,(H,18,19). The van der Waals surface area contributed by atoms with Crippen LogP contribution < -0.4 is 14.8 Å². The molecule has 5 nitrogen and oxygen atoms in total. The van der Waals surface area contributed by atoms with E-state index in [1.807, 2.05) is 18.2 Å². The number of pyridine rings is 1. The largest absolute Gasteiger partial charge is 0.497 e. The first-order chi connectivity index (χ1) is 10.2. The summed E-state index contributed by atoms with van der Waals surface area (Å²) in [4.78, 5) is 15.9. The third-order valence-corrected chi connectivity index (χ3v) is 3.07. The lowest BCUT2D eigenvalue weighted by molar-refractivity contribution is 0.0949. The fraction of sp³-hybridized carbons (Fsp3) is 0.250. The number of nitrogens with zero attached hydrogens (tertiary/aromatic N) is 1. The molecule has 0 aliphatic heterocycles. The second kappa shape index (κ2) is 7.28. The molecule has 0 saturated carbocycles. The molecule has 1 amide bonds. The highest BCUT2D eigenvalue weighted by Gasteiger charge is 2.08. The van der Waals surface area contributed by atoms with Crippen molar-refractivity contribution in [2.75, 3.05) is 20.8 Å². The Balaban J connectivity index is 1.93. The van der Waals surface area contributed by atoms with Gasteiger partial charge < -0.3 is 14.8 Å². The van der Waals surface area contributed by atoms with E-state index < -0.39 is 0 Å². The lowest BCUT2D eigenvalue weighted by Crippen LogP contribution is -2.26. The van der Waals surface area contributed by atoms with Gasteiger partial charge in [0.2, 0.25) is 0 Å². The van der Waals surface area contributed by atoms with Gasteiger partial charge in [0.15, 0.2) is 0 Å². The minimum absolute atomic E-state index is 0.178. The zero-order valence-corrected chi connectivity index (χ0v) is 12.1. The summed E-state index contributed by atoms with van der Waals surface area (Å²) in [6, 6.07) is 10.9. The zero-order valence-electron chi connectivity index (χ0n) is 12.1. The van der Waals surface area contributed by atoms with Crippen LogP contribution in [-0.4, -0.2) is 31.7 Å². The molecular weight excluding hydrogens is 268 g/mol. The minimum atomic E-state index is -0.178. The van der Waals surface area contributed by atoms with Crippen LogP contribution in [0.2, 0.25) is 0 Å². The average molecular weight is 286 g/mol. The highest BCUT2D eigenvalue weighted by molar-refractivity contribution is 5.92. The van der Waals surface area contributed by atoms with E-state index in [0.717, 1.165) is 17.1 Å². The number of methoxy groups -OCH3 is 2. The van der Waals surface area contributed by atoms with Gasteiger partial charge in [-0.15, -0.1) is 0 Å². The van der Waals surface area contributed by atoms with E-state index in [9.17, 15) is 4.79 Å². The molecule has 2 aromatic rings. The number of amides is 1. The number of aromatic nitrogens is 1. The number of hydrogen-bond acceptors (Lipinski definition) is 4. The Labute approximate surface area is 123 Å². The van der Waals surface area contributed by atoms with Crippen LogP contribution in [-0.2, 0) is 6.42 Å². The van der Waals surface area contributed by atoms with Crippen molar-refractivity contribution in [1.82, 2.24) is 10.3 Å². The summed E-state index contributed by atoms with van der Waals surface area (Å²) in [5.74, 6) is 1.32. The van der Waals surface area contributed by atoms with Gasteiger partial charge in [-0.3, -0.25) is 9.78 Å². The highest BCUT2D eigenvalue weighted by atomic mass is 16.5. The predicted octanol–water partition coefficient (Wildman–Crippen LogP) is 2.07. The Morgan fingerprint density at radius 3 is 2.71 bits per heavy atom. The molecular formula is C16H18N2O3. The second-order valence-electron chi connectivity index (χ2n) is 4.40. The van der Waals surface area contributed by atoms with E-state index in [0.29, 0.717) is 18.7 Å². The van der Waals surface area contributed by atoms with Crippen molar-refractivity contribution in [1.29, 1.82) is 0 Å². The molecule has 0 aliphatic rings. The first kappa shape index (κ1) is 14.8. The first-order valence-electron chi connectivity index (χ1n) is 6.64. The molecule has 0 unspecified atom stereocenters. The number of benzene rings is 1. The van der Waals surface area contributed by atoms with Crippen molar-refractivity contribution < 1.29 is 14.3 Å². The summed E-state index contributed by atoms with van der Waals surface area (Å²) in [7, 11) is 3.23. The molecule has 0 atom stereocenters. The molecule has 0 spiro atoms. The van der Waals surface area contributed by atoms with E-state index in [4.69, 9.17) is 9.47 Å². The lowest BCUT2D eigenvalue weighted by atomic mass is 10.1. The predicted molar refractivity (Wildman–Crippen MR) is 79.8 cm³/mol. The molecule has 2 rings (SSSR count). The van der Waals surface area contributed by atoms with Crippen molar-refractivity contribution >= 4 is 5.91 Å². The molecule has 1 N–H and O–H groups in total. The molecule has 0 fully saturated rings. The smallest absolute Gasteiger partial charge is 0.269 e. The van der Waals surface area contributed by atoms with E-state index >= 15 is 0 Å². The van der Waals surface area contributed by atoms with Crippen LogP contribution in [0, 0.1) is 0 Å². The third-order valence-electron chi connectivity index (χ3n) is 3.07. The van der Waals surface area contributed by atoms with Gasteiger partial charge in [-0.25, -0.2) is 0 Å². The molecule has 0 bridgehead atoms. The number of rotatable bonds is 6.